The summed E-state index contributed by atoms with van der Waals surface area (Å²) in [7, 11) is 0. The van der Waals surface area contributed by atoms with Crippen LogP contribution in [0.15, 0.2) is 6.07 Å². The Kier molecular flexibility index (Phi) is 3.35. The van der Waals surface area contributed by atoms with Crippen LogP contribution in [0.4, 0.5) is 13.2 Å². The first-order chi connectivity index (χ1) is 7.63. The fourth-order valence-electron chi connectivity index (χ4n) is 1.07. The quantitative estimate of drug-likeness (QED) is 0.614. The molecule has 0 aromatic heterocycles. The van der Waals surface area contributed by atoms with E-state index in [4.69, 9.17) is 9.84 Å². The van der Waals surface area contributed by atoms with E-state index >= 15 is 0 Å². The first-order valence-corrected chi connectivity index (χ1v) is 4.73. The number of esters is 1. The maximum atomic E-state index is 13.3. The van der Waals surface area contributed by atoms with E-state index in [1.807, 2.05) is 0 Å². The number of hydrogen-bond acceptors (Lipinski definition) is 3. The summed E-state index contributed by atoms with van der Waals surface area (Å²) in [6, 6.07) is 0.346. The molecule has 0 aliphatic rings. The third-order valence-corrected chi connectivity index (χ3v) is 1.75. The van der Waals surface area contributed by atoms with Gasteiger partial charge in [-0.05, 0) is 26.8 Å². The number of ether oxygens (including phenoxy) is 1. The third-order valence-electron chi connectivity index (χ3n) is 1.75. The molecule has 0 heterocycles. The molecule has 0 aliphatic heterocycles. The van der Waals surface area contributed by atoms with Crippen molar-refractivity contribution in [1.29, 1.82) is 0 Å². The minimum Gasteiger partial charge on any atom is -0.503 e. The topological polar surface area (TPSA) is 46.5 Å². The lowest BCUT2D eigenvalue weighted by Crippen LogP contribution is -2.24. The number of phenols is 1. The Bertz CT molecular complexity index is 464. The normalized spacial score (nSPS) is 11.4. The summed E-state index contributed by atoms with van der Waals surface area (Å²) in [4.78, 5) is 11.4. The highest BCUT2D eigenvalue weighted by atomic mass is 19.2. The van der Waals surface area contributed by atoms with Crippen molar-refractivity contribution in [1.82, 2.24) is 0 Å². The Morgan fingerprint density at radius 3 is 2.24 bits per heavy atom. The summed E-state index contributed by atoms with van der Waals surface area (Å²) >= 11 is 0. The highest BCUT2D eigenvalue weighted by molar-refractivity contribution is 5.90. The van der Waals surface area contributed by atoms with E-state index in [2.05, 4.69) is 0 Å². The average molecular weight is 248 g/mol. The van der Waals surface area contributed by atoms with E-state index in [1.54, 1.807) is 0 Å². The molecule has 0 saturated carbocycles. The predicted molar refractivity (Wildman–Crippen MR) is 53.1 cm³/mol. The number of phenolic OH excluding ortho intramolecular Hbond substituents is 1. The van der Waals surface area contributed by atoms with Gasteiger partial charge in [0.15, 0.2) is 17.4 Å². The number of carbonyl (C=O) groups excluding carboxylic acids is 1. The number of benzene rings is 1. The zero-order valence-electron chi connectivity index (χ0n) is 9.47. The van der Waals surface area contributed by atoms with Gasteiger partial charge in [0.25, 0.3) is 0 Å². The molecule has 1 rings (SSSR count). The molecule has 0 unspecified atom stereocenters. The van der Waals surface area contributed by atoms with Gasteiger partial charge in [-0.25, -0.2) is 13.6 Å². The lowest BCUT2D eigenvalue weighted by Gasteiger charge is -2.19. The van der Waals surface area contributed by atoms with Crippen LogP contribution in [0.25, 0.3) is 0 Å². The molecular weight excluding hydrogens is 237 g/mol. The molecule has 0 atom stereocenters. The van der Waals surface area contributed by atoms with Crippen molar-refractivity contribution in [3.05, 3.63) is 29.1 Å². The van der Waals surface area contributed by atoms with Gasteiger partial charge in [-0.1, -0.05) is 0 Å². The molecular formula is C11H11F3O3. The van der Waals surface area contributed by atoms with Gasteiger partial charge in [0, 0.05) is 0 Å². The summed E-state index contributed by atoms with van der Waals surface area (Å²) in [5.74, 6) is -7.52. The molecule has 1 N–H and O–H groups in total. The van der Waals surface area contributed by atoms with E-state index < -0.39 is 40.3 Å². The van der Waals surface area contributed by atoms with Crippen molar-refractivity contribution in [3.63, 3.8) is 0 Å². The lowest BCUT2D eigenvalue weighted by molar-refractivity contribution is 0.00630. The predicted octanol–water partition coefficient (Wildman–Crippen LogP) is 2.76. The van der Waals surface area contributed by atoms with Crippen LogP contribution in [-0.4, -0.2) is 16.7 Å². The van der Waals surface area contributed by atoms with E-state index in [1.165, 1.54) is 20.8 Å². The van der Waals surface area contributed by atoms with Gasteiger partial charge in [0.05, 0.1) is 0 Å². The summed E-state index contributed by atoms with van der Waals surface area (Å²) in [5, 5.41) is 8.92. The van der Waals surface area contributed by atoms with Crippen LogP contribution in [0, 0.1) is 17.5 Å². The van der Waals surface area contributed by atoms with Gasteiger partial charge in [0.2, 0.25) is 5.82 Å². The second kappa shape index (κ2) is 4.27. The lowest BCUT2D eigenvalue weighted by atomic mass is 10.1. The van der Waals surface area contributed by atoms with Gasteiger partial charge in [-0.3, -0.25) is 0 Å². The van der Waals surface area contributed by atoms with Gasteiger partial charge in [-0.15, -0.1) is 0 Å². The molecule has 1 aromatic rings. The molecule has 17 heavy (non-hydrogen) atoms. The summed E-state index contributed by atoms with van der Waals surface area (Å²) in [5.41, 5.74) is -1.76. The van der Waals surface area contributed by atoms with E-state index in [9.17, 15) is 18.0 Å². The number of rotatable bonds is 1. The largest absolute Gasteiger partial charge is 0.503 e. The fourth-order valence-corrected chi connectivity index (χ4v) is 1.07. The molecule has 0 aliphatic carbocycles. The van der Waals surface area contributed by atoms with Crippen LogP contribution in [-0.2, 0) is 4.74 Å². The number of aromatic hydroxyl groups is 1. The maximum Gasteiger partial charge on any atom is 0.341 e. The highest BCUT2D eigenvalue weighted by Crippen LogP contribution is 2.27. The maximum absolute atomic E-state index is 13.3. The Morgan fingerprint density at radius 1 is 1.24 bits per heavy atom. The highest BCUT2D eigenvalue weighted by Gasteiger charge is 2.26. The van der Waals surface area contributed by atoms with Crippen molar-refractivity contribution in [2.75, 3.05) is 0 Å². The van der Waals surface area contributed by atoms with E-state index in [0.29, 0.717) is 6.07 Å². The molecule has 94 valence electrons. The van der Waals surface area contributed by atoms with Crippen LogP contribution in [0.5, 0.6) is 5.75 Å². The van der Waals surface area contributed by atoms with Crippen LogP contribution < -0.4 is 0 Å². The monoisotopic (exact) mass is 248 g/mol. The minimum absolute atomic E-state index is 0.346. The summed E-state index contributed by atoms with van der Waals surface area (Å²) < 4.78 is 43.7. The second-order valence-corrected chi connectivity index (χ2v) is 4.38. The van der Waals surface area contributed by atoms with Crippen LogP contribution in [0.1, 0.15) is 31.1 Å². The van der Waals surface area contributed by atoms with Crippen molar-refractivity contribution in [2.45, 2.75) is 26.4 Å². The standard InChI is InChI=1S/C11H11F3O3/c1-11(2,3)17-10(16)5-4-6(12)8(14)9(15)7(5)13/h4,15H,1-3H3. The fraction of sp³-hybridized carbons (Fsp3) is 0.364. The Labute approximate surface area is 95.8 Å². The zero-order chi connectivity index (χ0) is 13.4. The van der Waals surface area contributed by atoms with Gasteiger partial charge >= 0.3 is 5.97 Å². The molecule has 0 saturated heterocycles. The molecule has 0 amide bonds. The smallest absolute Gasteiger partial charge is 0.341 e. The summed E-state index contributed by atoms with van der Waals surface area (Å²) in [6.45, 7) is 4.59. The summed E-state index contributed by atoms with van der Waals surface area (Å²) in [6.07, 6.45) is 0. The minimum atomic E-state index is -1.74. The molecule has 0 bridgehead atoms. The van der Waals surface area contributed by atoms with Crippen molar-refractivity contribution in [3.8, 4) is 5.75 Å². The Hall–Kier alpha value is -1.72. The molecule has 0 radical (unpaired) electrons. The first-order valence-electron chi connectivity index (χ1n) is 4.73. The van der Waals surface area contributed by atoms with Crippen molar-refractivity contribution in [2.24, 2.45) is 0 Å². The first kappa shape index (κ1) is 13.3. The van der Waals surface area contributed by atoms with Crippen LogP contribution in [0.2, 0.25) is 0 Å². The van der Waals surface area contributed by atoms with Crippen LogP contribution in [0.3, 0.4) is 0 Å². The zero-order valence-corrected chi connectivity index (χ0v) is 9.47. The van der Waals surface area contributed by atoms with Crippen molar-refractivity contribution < 1.29 is 27.8 Å². The average Bonchev–Trinajstić information content (AvgIpc) is 2.17. The molecule has 0 fully saturated rings. The third kappa shape index (κ3) is 2.89. The van der Waals surface area contributed by atoms with E-state index in [-0.39, 0.29) is 0 Å². The number of hydrogen-bond donors (Lipinski definition) is 1. The molecule has 3 nitrogen and oxygen atoms in total. The number of carbonyl (C=O) groups is 1. The molecule has 1 aromatic carbocycles. The molecule has 6 heteroatoms. The van der Waals surface area contributed by atoms with Crippen molar-refractivity contribution >= 4 is 5.97 Å². The van der Waals surface area contributed by atoms with Gasteiger partial charge < -0.3 is 9.84 Å². The van der Waals surface area contributed by atoms with E-state index in [0.717, 1.165) is 0 Å². The molecule has 0 spiro atoms. The van der Waals surface area contributed by atoms with Gasteiger partial charge in [-0.2, -0.15) is 4.39 Å². The Balaban J connectivity index is 3.20. The number of halogens is 3. The SMILES string of the molecule is CC(C)(C)OC(=O)c1cc(F)c(F)c(O)c1F. The Morgan fingerprint density at radius 2 is 1.76 bits per heavy atom. The van der Waals surface area contributed by atoms with Gasteiger partial charge in [0.1, 0.15) is 11.2 Å². The van der Waals surface area contributed by atoms with Crippen LogP contribution >= 0.6 is 0 Å². The second-order valence-electron chi connectivity index (χ2n) is 4.38.